The Morgan fingerprint density at radius 3 is 1.31 bits per heavy atom. The van der Waals surface area contributed by atoms with Gasteiger partial charge in [0.2, 0.25) is 0 Å². The molecule has 5 aliphatic rings. The molecular weight excluding hydrogens is 1020 g/mol. The van der Waals surface area contributed by atoms with Gasteiger partial charge in [-0.15, -0.1) is 0 Å². The molecular formula is C45H89N9O14S4. The molecule has 0 radical (unpaired) electrons. The number of aliphatic hydroxyl groups is 2. The van der Waals surface area contributed by atoms with Crippen LogP contribution in [-0.4, -0.2) is 197 Å². The highest BCUT2D eigenvalue weighted by molar-refractivity contribution is 7.59. The molecule has 1 aromatic heterocycles. The zero-order valence-corrected chi connectivity index (χ0v) is 48.2. The topological polar surface area (TPSA) is 274 Å². The Morgan fingerprint density at radius 2 is 0.972 bits per heavy atom. The first kappa shape index (κ1) is 72.5. The maximum atomic E-state index is 11.9. The molecule has 5 amide bonds. The van der Waals surface area contributed by atoms with Crippen molar-refractivity contribution in [2.45, 2.75) is 156 Å². The van der Waals surface area contributed by atoms with Gasteiger partial charge in [0.25, 0.3) is 0 Å². The Labute approximate surface area is 454 Å². The number of likely N-dealkylation sites (tertiary alicyclic amines) is 3. The maximum Gasteiger partial charge on any atom is 0.419 e. The molecule has 6 N–H and O–H groups in total. The van der Waals surface area contributed by atoms with Crippen molar-refractivity contribution in [2.24, 2.45) is 0 Å². The first-order valence-electron chi connectivity index (χ1n) is 23.6. The van der Waals surface area contributed by atoms with E-state index in [2.05, 4.69) is 26.3 Å². The molecule has 5 saturated heterocycles. The third-order valence-electron chi connectivity index (χ3n) is 9.63. The van der Waals surface area contributed by atoms with Crippen LogP contribution in [0, 0.1) is 0 Å². The summed E-state index contributed by atoms with van der Waals surface area (Å²) in [5.74, 6) is 0. The predicted molar refractivity (Wildman–Crippen MR) is 292 cm³/mol. The van der Waals surface area contributed by atoms with Gasteiger partial charge in [-0.1, -0.05) is 0 Å². The number of hydrogen-bond acceptors (Lipinski definition) is 17. The van der Waals surface area contributed by atoms with Crippen LogP contribution in [0.5, 0.6) is 0 Å². The molecule has 72 heavy (non-hydrogen) atoms. The fraction of sp³-hybridized carbons (Fsp3) is 0.800. The number of rotatable bonds is 5. The molecule has 6 heterocycles. The number of β-amino-alcohol motifs (C(OH)–C–C–N with tert-alkyl or cyclic N) is 2. The molecule has 0 unspecified atom stereocenters. The van der Waals surface area contributed by atoms with Crippen molar-refractivity contribution in [3.8, 4) is 0 Å². The van der Waals surface area contributed by atoms with Crippen LogP contribution < -0.4 is 21.3 Å². The molecule has 0 spiro atoms. The van der Waals surface area contributed by atoms with Crippen molar-refractivity contribution >= 4 is 90.5 Å². The molecule has 5 aliphatic heterocycles. The van der Waals surface area contributed by atoms with Crippen molar-refractivity contribution in [2.75, 3.05) is 78.5 Å². The van der Waals surface area contributed by atoms with E-state index in [0.717, 1.165) is 39.0 Å². The van der Waals surface area contributed by atoms with Crippen molar-refractivity contribution in [1.82, 2.24) is 45.5 Å². The van der Waals surface area contributed by atoms with Crippen LogP contribution in [0.4, 0.5) is 28.8 Å². The summed E-state index contributed by atoms with van der Waals surface area (Å²) in [4.78, 5) is 77.3. The summed E-state index contributed by atoms with van der Waals surface area (Å²) >= 11 is 0. The molecule has 0 bridgehead atoms. The van der Waals surface area contributed by atoms with Crippen LogP contribution in [0.25, 0.3) is 0 Å². The Morgan fingerprint density at radius 1 is 0.556 bits per heavy atom. The highest BCUT2D eigenvalue weighted by Gasteiger charge is 2.33. The lowest BCUT2D eigenvalue weighted by Crippen LogP contribution is -2.37. The van der Waals surface area contributed by atoms with Crippen LogP contribution in [0.1, 0.15) is 108 Å². The van der Waals surface area contributed by atoms with Gasteiger partial charge < -0.3 is 74.6 Å². The number of imidazole rings is 1. The van der Waals surface area contributed by atoms with Gasteiger partial charge in [-0.2, -0.15) is 54.0 Å². The molecule has 422 valence electrons. The van der Waals surface area contributed by atoms with E-state index in [1.807, 2.05) is 76.2 Å². The summed E-state index contributed by atoms with van der Waals surface area (Å²) in [6.45, 7) is 27.6. The number of alkyl carbamates (subject to hydrolysis) is 2. The largest absolute Gasteiger partial charge is 0.445 e. The van der Waals surface area contributed by atoms with E-state index in [-0.39, 0.29) is 109 Å². The number of amides is 5. The highest BCUT2D eigenvalue weighted by atomic mass is 32.1. The number of nitrogens with zero attached hydrogens (tertiary/aromatic N) is 5. The van der Waals surface area contributed by atoms with E-state index in [1.165, 1.54) is 28.2 Å². The average molecular weight is 1110 g/mol. The van der Waals surface area contributed by atoms with Crippen molar-refractivity contribution in [3.63, 3.8) is 0 Å². The minimum atomic E-state index is -0.525. The third-order valence-corrected chi connectivity index (χ3v) is 9.63. The summed E-state index contributed by atoms with van der Waals surface area (Å²) in [5, 5.41) is 29.1. The standard InChI is InChI=1S/C13H19N3O4.C12H22N2O4.C9H17NO3.C7H14N2O2.C4H9NO.4H2S/c1-13(2,3)20-12(18)15-6-4-10(8-15)19-11(17)16-7-5-14-9-16;1-5-13-10(15)17-9-6-7-14(8-9)11(16)18-12(2,3)4;1-9(2,3)13-8(12)10-5-4-7(11)6-10;1-2-9-7(10)11-6-3-4-8-5-6;6-4-1-2-5-3-4;;;;/h5,7,9-10H,4,6,8H2,1-3H3;9H,5-8H2,1-4H3,(H,13,15);7,11H,4-6H2,1-3H3;6,8H,2-5H2,1H3,(H,9,10);4-6H,1-3H2;4*1H2/t10-;9-;7-;6-;4-;;;;/m00000..../s1. The fourth-order valence-electron chi connectivity index (χ4n) is 6.48. The second kappa shape index (κ2) is 36.3. The van der Waals surface area contributed by atoms with Crippen LogP contribution >= 0.6 is 54.0 Å². The summed E-state index contributed by atoms with van der Waals surface area (Å²) in [6.07, 6.45) is 4.95. The van der Waals surface area contributed by atoms with Crippen LogP contribution in [0.3, 0.4) is 0 Å². The van der Waals surface area contributed by atoms with Gasteiger partial charge in [-0.05, 0) is 109 Å². The molecule has 1 aromatic rings. The SMILES string of the molecule is CC(C)(C)OC(=O)N1CC[C@H](O)C1.CC(C)(C)OC(=O)N1CC[C@H](OC(=O)n2ccnc2)C1.CCNC(=O)O[C@H]1CCN(C(=O)OC(C)(C)C)C1.CCNC(=O)O[C@H]1CCNC1.O[C@H]1CCNC1.S.S.S.S. The second-order valence-corrected chi connectivity index (χ2v) is 19.5. The second-order valence-electron chi connectivity index (χ2n) is 19.5. The number of nitrogens with one attached hydrogen (secondary N) is 4. The summed E-state index contributed by atoms with van der Waals surface area (Å²) in [5.41, 5.74) is -1.48. The summed E-state index contributed by atoms with van der Waals surface area (Å²) < 4.78 is 32.4. The number of hydrogen-bond donors (Lipinski definition) is 6. The molecule has 0 saturated carbocycles. The minimum Gasteiger partial charge on any atom is -0.445 e. The van der Waals surface area contributed by atoms with Crippen LogP contribution in [0.2, 0.25) is 0 Å². The van der Waals surface area contributed by atoms with E-state index in [0.29, 0.717) is 71.6 Å². The summed E-state index contributed by atoms with van der Waals surface area (Å²) in [6, 6.07) is 0. The highest BCUT2D eigenvalue weighted by Crippen LogP contribution is 2.19. The Bertz CT molecular complexity index is 1690. The van der Waals surface area contributed by atoms with Gasteiger partial charge in [0.1, 0.15) is 41.4 Å². The van der Waals surface area contributed by atoms with Crippen molar-refractivity contribution < 1.29 is 67.4 Å². The molecule has 5 fully saturated rings. The van der Waals surface area contributed by atoms with E-state index in [9.17, 15) is 33.9 Å². The van der Waals surface area contributed by atoms with Crippen LogP contribution in [0.15, 0.2) is 18.7 Å². The maximum absolute atomic E-state index is 11.9. The first-order chi connectivity index (χ1) is 31.8. The van der Waals surface area contributed by atoms with Gasteiger partial charge in [-0.3, -0.25) is 0 Å². The van der Waals surface area contributed by atoms with E-state index >= 15 is 0 Å². The number of aromatic nitrogens is 2. The zero-order chi connectivity index (χ0) is 51.1. The smallest absolute Gasteiger partial charge is 0.419 e. The number of carbonyl (C=O) groups is 6. The molecule has 0 aromatic carbocycles. The molecule has 27 heteroatoms. The molecule has 5 atom stereocenters. The van der Waals surface area contributed by atoms with E-state index in [1.54, 1.807) is 9.80 Å². The minimum absolute atomic E-state index is 0. The van der Waals surface area contributed by atoms with Gasteiger partial charge in [0.05, 0.1) is 25.3 Å². The Balaban J connectivity index is -0.000000848. The molecule has 0 aliphatic carbocycles. The van der Waals surface area contributed by atoms with Crippen molar-refractivity contribution in [1.29, 1.82) is 0 Å². The van der Waals surface area contributed by atoms with Gasteiger partial charge in [-0.25, -0.2) is 38.3 Å². The zero-order valence-electron chi connectivity index (χ0n) is 44.2. The van der Waals surface area contributed by atoms with Gasteiger partial charge >= 0.3 is 36.6 Å². The monoisotopic (exact) mass is 1110 g/mol. The third kappa shape index (κ3) is 32.5. The van der Waals surface area contributed by atoms with E-state index < -0.39 is 29.0 Å². The lowest BCUT2D eigenvalue weighted by Gasteiger charge is -2.24. The average Bonchev–Trinajstić information content (AvgIpc) is 4.07. The fourth-order valence-corrected chi connectivity index (χ4v) is 6.48. The molecule has 6 rings (SSSR count). The normalized spacial score (nSPS) is 20.8. The van der Waals surface area contributed by atoms with Crippen LogP contribution in [-0.2, 0) is 28.4 Å². The molecule has 23 nitrogen and oxygen atoms in total. The van der Waals surface area contributed by atoms with E-state index in [4.69, 9.17) is 33.5 Å². The Kier molecular flexibility index (Phi) is 36.5. The lowest BCUT2D eigenvalue weighted by molar-refractivity contribution is 0.0252. The van der Waals surface area contributed by atoms with Crippen molar-refractivity contribution in [3.05, 3.63) is 18.7 Å². The van der Waals surface area contributed by atoms with Gasteiger partial charge in [0.15, 0.2) is 0 Å². The van der Waals surface area contributed by atoms with Gasteiger partial charge in [0, 0.05) is 77.6 Å². The lowest BCUT2D eigenvalue weighted by atomic mass is 10.2. The predicted octanol–water partition coefficient (Wildman–Crippen LogP) is 4.49. The first-order valence-corrected chi connectivity index (χ1v) is 23.6. The Hall–Kier alpha value is -3.73. The number of aliphatic hydroxyl groups excluding tert-OH is 2. The summed E-state index contributed by atoms with van der Waals surface area (Å²) in [7, 11) is 0. The quantitative estimate of drug-likeness (QED) is 0.222. The number of ether oxygens (including phenoxy) is 6. The number of carbonyl (C=O) groups excluding carboxylic acids is 6.